The fraction of sp³-hybridized carbons (Fsp3) is 0.938. The number of hydrogen-bond donors (Lipinski definition) is 0. The van der Waals surface area contributed by atoms with Gasteiger partial charge in [-0.15, -0.1) is 0 Å². The van der Waals surface area contributed by atoms with Gasteiger partial charge in [0.05, 0.1) is 25.4 Å². The second kappa shape index (κ2) is 28.5. The largest absolute Gasteiger partial charge is 0.237 e. The molecule has 0 spiro atoms. The Morgan fingerprint density at radius 3 is 0.921 bits per heavy atom. The molecule has 0 radical (unpaired) electrons. The summed E-state index contributed by atoms with van der Waals surface area (Å²) in [5.41, 5.74) is -1.68. The standard InChI is InChI=1S/C24H50O2.C8H12N4/c1-3-5-7-9-11-13-15-17-19-21-23-25-26-24-22-20-18-16-14-12-10-8-6-4-2;1-7(2,5-9)11-12-8(3,4)6-10/h3-24H2,1-2H3;1-4H3. The Kier molecular flexibility index (Phi) is 29.0. The van der Waals surface area contributed by atoms with Crippen LogP contribution in [0.4, 0.5) is 0 Å². The van der Waals surface area contributed by atoms with Gasteiger partial charge < -0.3 is 0 Å². The van der Waals surface area contributed by atoms with E-state index in [1.807, 2.05) is 12.1 Å². The summed E-state index contributed by atoms with van der Waals surface area (Å²) in [5, 5.41) is 24.7. The highest BCUT2D eigenvalue weighted by Crippen LogP contribution is 2.14. The molecule has 0 atom stereocenters. The van der Waals surface area contributed by atoms with Crippen molar-refractivity contribution in [1.82, 2.24) is 0 Å². The van der Waals surface area contributed by atoms with Crippen molar-refractivity contribution < 1.29 is 9.78 Å². The maximum absolute atomic E-state index is 8.58. The van der Waals surface area contributed by atoms with Crippen molar-refractivity contribution in [1.29, 1.82) is 10.5 Å². The monoisotopic (exact) mass is 534 g/mol. The summed E-state index contributed by atoms with van der Waals surface area (Å²) in [5.74, 6) is 0. The number of nitriles is 2. The van der Waals surface area contributed by atoms with Gasteiger partial charge >= 0.3 is 0 Å². The van der Waals surface area contributed by atoms with Crippen LogP contribution in [0, 0.1) is 22.7 Å². The first-order valence-corrected chi connectivity index (χ1v) is 15.8. The summed E-state index contributed by atoms with van der Waals surface area (Å²) in [7, 11) is 0. The fourth-order valence-corrected chi connectivity index (χ4v) is 3.71. The first kappa shape index (κ1) is 38.6. The van der Waals surface area contributed by atoms with E-state index in [-0.39, 0.29) is 0 Å². The SMILES string of the molecule is CC(C)(C#N)N=NC(C)(C)C#N.CCCCCCCCCCCCOOCCCCCCCCCCCC. The van der Waals surface area contributed by atoms with Gasteiger partial charge in [0.25, 0.3) is 0 Å². The van der Waals surface area contributed by atoms with Crippen LogP contribution >= 0.6 is 0 Å². The van der Waals surface area contributed by atoms with Gasteiger partial charge in [0.2, 0.25) is 0 Å². The fourth-order valence-electron chi connectivity index (χ4n) is 3.71. The smallest absolute Gasteiger partial charge is 0.162 e. The van der Waals surface area contributed by atoms with Crippen molar-refractivity contribution in [2.75, 3.05) is 13.2 Å². The second-order valence-electron chi connectivity index (χ2n) is 11.5. The van der Waals surface area contributed by atoms with Gasteiger partial charge in [-0.1, -0.05) is 129 Å². The summed E-state index contributed by atoms with van der Waals surface area (Å²) in [4.78, 5) is 10.6. The molecule has 0 bridgehead atoms. The number of azo groups is 1. The van der Waals surface area contributed by atoms with Crippen LogP contribution < -0.4 is 0 Å². The highest BCUT2D eigenvalue weighted by molar-refractivity contribution is 5.03. The van der Waals surface area contributed by atoms with E-state index in [1.54, 1.807) is 27.7 Å². The number of hydrogen-bond acceptors (Lipinski definition) is 6. The van der Waals surface area contributed by atoms with Gasteiger partial charge in [0.1, 0.15) is 0 Å². The molecular formula is C32H62N4O2. The molecule has 0 aliphatic rings. The van der Waals surface area contributed by atoms with Crippen LogP contribution in [0.5, 0.6) is 0 Å². The van der Waals surface area contributed by atoms with Gasteiger partial charge in [0, 0.05) is 0 Å². The summed E-state index contributed by atoms with van der Waals surface area (Å²) in [6.45, 7) is 12.7. The van der Waals surface area contributed by atoms with Crippen molar-refractivity contribution in [2.24, 2.45) is 10.2 Å². The molecule has 0 aromatic carbocycles. The van der Waals surface area contributed by atoms with Crippen molar-refractivity contribution in [3.05, 3.63) is 0 Å². The van der Waals surface area contributed by atoms with Crippen LogP contribution in [-0.4, -0.2) is 24.3 Å². The lowest BCUT2D eigenvalue weighted by Gasteiger charge is -2.11. The van der Waals surface area contributed by atoms with Crippen molar-refractivity contribution in [2.45, 2.75) is 181 Å². The zero-order chi connectivity index (χ0) is 28.8. The molecule has 222 valence electrons. The van der Waals surface area contributed by atoms with E-state index in [0.717, 1.165) is 26.1 Å². The van der Waals surface area contributed by atoms with E-state index in [4.69, 9.17) is 20.3 Å². The zero-order valence-electron chi connectivity index (χ0n) is 26.2. The van der Waals surface area contributed by atoms with Gasteiger partial charge in [-0.3, -0.25) is 0 Å². The first-order chi connectivity index (χ1) is 18.2. The highest BCUT2D eigenvalue weighted by atomic mass is 17.2. The van der Waals surface area contributed by atoms with E-state index < -0.39 is 11.1 Å². The van der Waals surface area contributed by atoms with Crippen LogP contribution in [0.15, 0.2) is 10.2 Å². The lowest BCUT2D eigenvalue weighted by Crippen LogP contribution is -2.17. The molecule has 0 aromatic rings. The van der Waals surface area contributed by atoms with Crippen molar-refractivity contribution in [3.63, 3.8) is 0 Å². The molecule has 6 nitrogen and oxygen atoms in total. The third-order valence-electron chi connectivity index (χ3n) is 6.34. The Hall–Kier alpha value is -1.50. The molecule has 0 saturated carbocycles. The lowest BCUT2D eigenvalue weighted by atomic mass is 10.1. The molecule has 0 heterocycles. The van der Waals surface area contributed by atoms with Crippen LogP contribution in [-0.2, 0) is 9.78 Å². The van der Waals surface area contributed by atoms with Gasteiger partial charge in [-0.2, -0.15) is 20.8 Å². The maximum Gasteiger partial charge on any atom is 0.162 e. The molecule has 0 unspecified atom stereocenters. The molecule has 0 aromatic heterocycles. The molecule has 6 heteroatoms. The molecular weight excluding hydrogens is 472 g/mol. The quantitative estimate of drug-likeness (QED) is 0.0504. The van der Waals surface area contributed by atoms with Gasteiger partial charge in [-0.25, -0.2) is 9.78 Å². The van der Waals surface area contributed by atoms with E-state index >= 15 is 0 Å². The van der Waals surface area contributed by atoms with Crippen LogP contribution in [0.25, 0.3) is 0 Å². The predicted molar refractivity (Wildman–Crippen MR) is 160 cm³/mol. The van der Waals surface area contributed by atoms with Crippen molar-refractivity contribution in [3.8, 4) is 12.1 Å². The van der Waals surface area contributed by atoms with Gasteiger partial charge in [0.15, 0.2) is 11.1 Å². The molecule has 0 rings (SSSR count). The summed E-state index contributed by atoms with van der Waals surface area (Å²) in [6, 6.07) is 3.94. The molecule has 0 fully saturated rings. The minimum absolute atomic E-state index is 0.772. The minimum Gasteiger partial charge on any atom is -0.237 e. The average Bonchev–Trinajstić information content (AvgIpc) is 2.91. The number of nitrogens with zero attached hydrogens (tertiary/aromatic N) is 4. The van der Waals surface area contributed by atoms with Crippen LogP contribution in [0.3, 0.4) is 0 Å². The number of unbranched alkanes of at least 4 members (excludes halogenated alkanes) is 18. The second-order valence-corrected chi connectivity index (χ2v) is 11.5. The minimum atomic E-state index is -0.839. The summed E-state index contributed by atoms with van der Waals surface area (Å²) in [6.07, 6.45) is 27.3. The Bertz CT molecular complexity index is 554. The third kappa shape index (κ3) is 32.5. The summed E-state index contributed by atoms with van der Waals surface area (Å²) < 4.78 is 0. The molecule has 0 N–H and O–H groups in total. The van der Waals surface area contributed by atoms with E-state index in [9.17, 15) is 0 Å². The highest BCUT2D eigenvalue weighted by Gasteiger charge is 2.19. The van der Waals surface area contributed by atoms with E-state index in [0.29, 0.717) is 0 Å². The maximum atomic E-state index is 8.58. The average molecular weight is 535 g/mol. The van der Waals surface area contributed by atoms with Crippen LogP contribution in [0.1, 0.15) is 170 Å². The predicted octanol–water partition coefficient (Wildman–Crippen LogP) is 10.8. The van der Waals surface area contributed by atoms with Gasteiger partial charge in [-0.05, 0) is 40.5 Å². The molecule has 0 amide bonds. The first-order valence-electron chi connectivity index (χ1n) is 15.8. The topological polar surface area (TPSA) is 90.8 Å². The Balaban J connectivity index is 0. The Labute approximate surface area is 236 Å². The molecule has 38 heavy (non-hydrogen) atoms. The molecule has 0 aliphatic heterocycles. The Morgan fingerprint density at radius 2 is 0.684 bits per heavy atom. The van der Waals surface area contributed by atoms with E-state index in [2.05, 4.69) is 24.1 Å². The van der Waals surface area contributed by atoms with Crippen LogP contribution in [0.2, 0.25) is 0 Å². The zero-order valence-corrected chi connectivity index (χ0v) is 26.2. The molecule has 0 aliphatic carbocycles. The normalized spacial score (nSPS) is 11.7. The lowest BCUT2D eigenvalue weighted by molar-refractivity contribution is -0.295. The van der Waals surface area contributed by atoms with Crippen molar-refractivity contribution >= 4 is 0 Å². The summed E-state index contributed by atoms with van der Waals surface area (Å²) >= 11 is 0. The Morgan fingerprint density at radius 1 is 0.447 bits per heavy atom. The third-order valence-corrected chi connectivity index (χ3v) is 6.34. The van der Waals surface area contributed by atoms with E-state index in [1.165, 1.54) is 116 Å². The molecule has 0 saturated heterocycles. The number of rotatable bonds is 25.